The smallest absolute Gasteiger partial charge is 0.126 e. The molecule has 0 aromatic carbocycles. The maximum absolute atomic E-state index is 9.84. The Balaban J connectivity index is 3.35. The molecule has 0 aliphatic rings. The van der Waals surface area contributed by atoms with Crippen LogP contribution in [-0.2, 0) is 4.79 Å². The fourth-order valence-corrected chi connectivity index (χ4v) is 0.349. The third kappa shape index (κ3) is 3.23. The topological polar surface area (TPSA) is 17.1 Å². The summed E-state index contributed by atoms with van der Waals surface area (Å²) in [6.45, 7) is 3.76. The molecule has 1 heteroatoms. The minimum atomic E-state index is 0.0880. The van der Waals surface area contributed by atoms with E-state index in [0.717, 1.165) is 6.29 Å². The van der Waals surface area contributed by atoms with Crippen LogP contribution < -0.4 is 0 Å². The first-order chi connectivity index (χ1) is 3.31. The zero-order chi connectivity index (χ0) is 5.70. The van der Waals surface area contributed by atoms with Gasteiger partial charge in [0.15, 0.2) is 0 Å². The fourth-order valence-electron chi connectivity index (χ4n) is 0.349. The summed E-state index contributed by atoms with van der Waals surface area (Å²) in [5, 5.41) is 0. The maximum atomic E-state index is 9.84. The summed E-state index contributed by atoms with van der Waals surface area (Å²) in [7, 11) is 0. The predicted octanol–water partition coefficient (Wildman–Crippen LogP) is 1.40. The number of rotatable bonds is 2. The average Bonchev–Trinajstić information content (AvgIpc) is 1.68. The average molecular weight is 98.1 g/mol. The normalized spacial score (nSPS) is 14.6. The quantitative estimate of drug-likeness (QED) is 0.377. The molecule has 1 atom stereocenters. The van der Waals surface area contributed by atoms with Gasteiger partial charge in [-0.2, -0.15) is 0 Å². The van der Waals surface area contributed by atoms with Crippen molar-refractivity contribution >= 4 is 6.29 Å². The van der Waals surface area contributed by atoms with E-state index < -0.39 is 0 Å². The van der Waals surface area contributed by atoms with Crippen molar-refractivity contribution in [3.05, 3.63) is 12.2 Å². The number of hydrogen-bond acceptors (Lipinski definition) is 1. The molecule has 0 aliphatic carbocycles. The minimum Gasteiger partial charge on any atom is -0.303 e. The fraction of sp³-hybridized carbons (Fsp3) is 0.500. The molecule has 40 valence electrons. The van der Waals surface area contributed by atoms with E-state index in [1.165, 1.54) is 0 Å². The summed E-state index contributed by atoms with van der Waals surface area (Å²) in [4.78, 5) is 9.84. The number of allylic oxidation sites excluding steroid dienone is 2. The summed E-state index contributed by atoms with van der Waals surface area (Å²) in [5.74, 6) is 0.0880. The van der Waals surface area contributed by atoms with Crippen LogP contribution in [0, 0.1) is 5.92 Å². The Labute approximate surface area is 44.0 Å². The molecule has 0 rings (SSSR count). The SMILES string of the molecule is C/C=C/[C@@H](C)C=O. The van der Waals surface area contributed by atoms with Gasteiger partial charge in [0.05, 0.1) is 0 Å². The number of carbonyl (C=O) groups excluding carboxylic acids is 1. The standard InChI is InChI=1S/C6H10O/c1-3-4-6(2)5-7/h3-6H,1-2H3/b4-3+/t6-/m1/s1. The highest BCUT2D eigenvalue weighted by atomic mass is 16.1. The van der Waals surface area contributed by atoms with Gasteiger partial charge in [-0.3, -0.25) is 0 Å². The van der Waals surface area contributed by atoms with Crippen LogP contribution in [0.25, 0.3) is 0 Å². The lowest BCUT2D eigenvalue weighted by molar-refractivity contribution is -0.109. The molecule has 0 N–H and O–H groups in total. The number of carbonyl (C=O) groups is 1. The Morgan fingerprint density at radius 1 is 1.57 bits per heavy atom. The van der Waals surface area contributed by atoms with E-state index >= 15 is 0 Å². The largest absolute Gasteiger partial charge is 0.303 e. The highest BCUT2D eigenvalue weighted by molar-refractivity contribution is 5.55. The van der Waals surface area contributed by atoms with E-state index in [4.69, 9.17) is 0 Å². The monoisotopic (exact) mass is 98.1 g/mol. The van der Waals surface area contributed by atoms with Crippen molar-refractivity contribution in [2.45, 2.75) is 13.8 Å². The summed E-state index contributed by atoms with van der Waals surface area (Å²) >= 11 is 0. The van der Waals surface area contributed by atoms with Crippen LogP contribution in [0.2, 0.25) is 0 Å². The van der Waals surface area contributed by atoms with Crippen molar-refractivity contribution in [3.63, 3.8) is 0 Å². The Bertz CT molecular complexity index is 74.2. The van der Waals surface area contributed by atoms with E-state index in [-0.39, 0.29) is 5.92 Å². The molecule has 0 saturated carbocycles. The van der Waals surface area contributed by atoms with Crippen LogP contribution in [-0.4, -0.2) is 6.29 Å². The molecule has 0 bridgehead atoms. The zero-order valence-corrected chi connectivity index (χ0v) is 4.72. The highest BCUT2D eigenvalue weighted by Gasteiger charge is 1.86. The van der Waals surface area contributed by atoms with E-state index in [9.17, 15) is 4.79 Å². The Hall–Kier alpha value is -0.590. The lowest BCUT2D eigenvalue weighted by Gasteiger charge is -1.86. The first-order valence-corrected chi connectivity index (χ1v) is 2.39. The van der Waals surface area contributed by atoms with Crippen molar-refractivity contribution in [1.82, 2.24) is 0 Å². The van der Waals surface area contributed by atoms with Crippen LogP contribution >= 0.6 is 0 Å². The van der Waals surface area contributed by atoms with E-state index in [1.54, 1.807) is 0 Å². The van der Waals surface area contributed by atoms with Crippen molar-refractivity contribution < 1.29 is 4.79 Å². The predicted molar refractivity (Wildman–Crippen MR) is 30.0 cm³/mol. The molecule has 1 nitrogen and oxygen atoms in total. The second-order valence-electron chi connectivity index (χ2n) is 1.52. The molecule has 0 fully saturated rings. The molecule has 0 amide bonds. The van der Waals surface area contributed by atoms with Crippen molar-refractivity contribution in [2.24, 2.45) is 5.92 Å². The summed E-state index contributed by atoms with van der Waals surface area (Å²) in [6, 6.07) is 0. The molecular formula is C6H10O. The third-order valence-corrected chi connectivity index (χ3v) is 0.711. The minimum absolute atomic E-state index is 0.0880. The van der Waals surface area contributed by atoms with Gasteiger partial charge in [-0.15, -0.1) is 0 Å². The lowest BCUT2D eigenvalue weighted by atomic mass is 10.2. The molecule has 0 aliphatic heterocycles. The van der Waals surface area contributed by atoms with Gasteiger partial charge in [0.1, 0.15) is 6.29 Å². The Kier molecular flexibility index (Phi) is 3.29. The van der Waals surface area contributed by atoms with Gasteiger partial charge < -0.3 is 4.79 Å². The maximum Gasteiger partial charge on any atom is 0.126 e. The molecule has 0 aromatic rings. The van der Waals surface area contributed by atoms with Crippen LogP contribution in [0.15, 0.2) is 12.2 Å². The van der Waals surface area contributed by atoms with E-state index in [1.807, 2.05) is 26.0 Å². The van der Waals surface area contributed by atoms with Crippen molar-refractivity contribution in [3.8, 4) is 0 Å². The van der Waals surface area contributed by atoms with Gasteiger partial charge in [0, 0.05) is 5.92 Å². The van der Waals surface area contributed by atoms with Gasteiger partial charge in [0.25, 0.3) is 0 Å². The molecular weight excluding hydrogens is 88.1 g/mol. The van der Waals surface area contributed by atoms with Gasteiger partial charge in [-0.25, -0.2) is 0 Å². The van der Waals surface area contributed by atoms with Gasteiger partial charge in [-0.05, 0) is 6.92 Å². The van der Waals surface area contributed by atoms with Gasteiger partial charge in [-0.1, -0.05) is 19.1 Å². The number of hydrogen-bond donors (Lipinski definition) is 0. The molecule has 0 aromatic heterocycles. The Morgan fingerprint density at radius 2 is 2.14 bits per heavy atom. The van der Waals surface area contributed by atoms with Crippen LogP contribution in [0.1, 0.15) is 13.8 Å². The third-order valence-electron chi connectivity index (χ3n) is 0.711. The lowest BCUT2D eigenvalue weighted by Crippen LogP contribution is -1.86. The van der Waals surface area contributed by atoms with Crippen molar-refractivity contribution in [2.75, 3.05) is 0 Å². The molecule has 0 radical (unpaired) electrons. The first kappa shape index (κ1) is 6.41. The van der Waals surface area contributed by atoms with Gasteiger partial charge >= 0.3 is 0 Å². The number of aldehydes is 1. The van der Waals surface area contributed by atoms with E-state index in [2.05, 4.69) is 0 Å². The van der Waals surface area contributed by atoms with Crippen LogP contribution in [0.4, 0.5) is 0 Å². The molecule has 0 heterocycles. The first-order valence-electron chi connectivity index (χ1n) is 2.39. The Morgan fingerprint density at radius 3 is 2.29 bits per heavy atom. The molecule has 0 unspecified atom stereocenters. The zero-order valence-electron chi connectivity index (χ0n) is 4.72. The molecule has 0 spiro atoms. The summed E-state index contributed by atoms with van der Waals surface area (Å²) < 4.78 is 0. The van der Waals surface area contributed by atoms with Crippen LogP contribution in [0.5, 0.6) is 0 Å². The summed E-state index contributed by atoms with van der Waals surface area (Å²) in [5.41, 5.74) is 0. The van der Waals surface area contributed by atoms with Crippen molar-refractivity contribution in [1.29, 1.82) is 0 Å². The summed E-state index contributed by atoms with van der Waals surface area (Å²) in [6.07, 6.45) is 4.64. The van der Waals surface area contributed by atoms with Gasteiger partial charge in [0.2, 0.25) is 0 Å². The molecule has 7 heavy (non-hydrogen) atoms. The second-order valence-corrected chi connectivity index (χ2v) is 1.52. The van der Waals surface area contributed by atoms with Crippen LogP contribution in [0.3, 0.4) is 0 Å². The molecule has 0 saturated heterocycles. The van der Waals surface area contributed by atoms with E-state index in [0.29, 0.717) is 0 Å². The second kappa shape index (κ2) is 3.59. The highest BCUT2D eigenvalue weighted by Crippen LogP contribution is 1.88.